The van der Waals surface area contributed by atoms with E-state index in [2.05, 4.69) is 6.58 Å². The van der Waals surface area contributed by atoms with Crippen LogP contribution in [0, 0.1) is 11.3 Å². The molecule has 2 rings (SSSR count). The van der Waals surface area contributed by atoms with Crippen molar-refractivity contribution in [1.82, 2.24) is 4.90 Å². The number of carbonyl (C=O) groups is 2. The Hall–Kier alpha value is -3.33. The van der Waals surface area contributed by atoms with Crippen molar-refractivity contribution in [3.63, 3.8) is 0 Å². The molecule has 2 amide bonds. The zero-order chi connectivity index (χ0) is 20.0. The SMILES string of the molecule is C=CCOc1ccc(/C=C2/C(=O)N(CCC)C(=O)C(C#N)=C2C)cc1OC. The predicted octanol–water partition coefficient (Wildman–Crippen LogP) is 3.26. The molecule has 0 radical (unpaired) electrons. The third-order valence-corrected chi connectivity index (χ3v) is 4.13. The van der Waals surface area contributed by atoms with Crippen LogP contribution in [0.2, 0.25) is 0 Å². The Kier molecular flexibility index (Phi) is 6.56. The molecule has 1 aromatic carbocycles. The smallest absolute Gasteiger partial charge is 0.271 e. The first kappa shape index (κ1) is 20.0. The lowest BCUT2D eigenvalue weighted by atomic mass is 9.93. The minimum atomic E-state index is -0.537. The zero-order valence-electron chi connectivity index (χ0n) is 15.7. The second-order valence-corrected chi connectivity index (χ2v) is 5.94. The highest BCUT2D eigenvalue weighted by molar-refractivity contribution is 6.19. The van der Waals surface area contributed by atoms with Gasteiger partial charge in [-0.2, -0.15) is 5.26 Å². The molecule has 0 N–H and O–H groups in total. The van der Waals surface area contributed by atoms with E-state index < -0.39 is 11.8 Å². The second kappa shape index (κ2) is 8.86. The summed E-state index contributed by atoms with van der Waals surface area (Å²) in [4.78, 5) is 26.3. The molecule has 6 heteroatoms. The van der Waals surface area contributed by atoms with Gasteiger partial charge in [0.25, 0.3) is 11.8 Å². The monoisotopic (exact) mass is 366 g/mol. The molecule has 6 nitrogen and oxygen atoms in total. The summed E-state index contributed by atoms with van der Waals surface area (Å²) in [5.74, 6) is 0.134. The number of amides is 2. The van der Waals surface area contributed by atoms with Gasteiger partial charge in [0.2, 0.25) is 0 Å². The molecule has 0 atom stereocenters. The van der Waals surface area contributed by atoms with Crippen molar-refractivity contribution in [2.75, 3.05) is 20.3 Å². The van der Waals surface area contributed by atoms with Gasteiger partial charge in [0.05, 0.1) is 7.11 Å². The van der Waals surface area contributed by atoms with Gasteiger partial charge in [-0.1, -0.05) is 25.6 Å². The van der Waals surface area contributed by atoms with Crippen molar-refractivity contribution in [3.05, 3.63) is 53.1 Å². The van der Waals surface area contributed by atoms with E-state index in [1.165, 1.54) is 7.11 Å². The van der Waals surface area contributed by atoms with Crippen LogP contribution in [0.25, 0.3) is 6.08 Å². The van der Waals surface area contributed by atoms with Crippen molar-refractivity contribution in [2.45, 2.75) is 20.3 Å². The van der Waals surface area contributed by atoms with Gasteiger partial charge in [0.15, 0.2) is 11.5 Å². The van der Waals surface area contributed by atoms with E-state index in [4.69, 9.17) is 9.47 Å². The summed E-state index contributed by atoms with van der Waals surface area (Å²) in [5, 5.41) is 9.35. The molecule has 1 aliphatic rings. The van der Waals surface area contributed by atoms with Crippen LogP contribution in [0.3, 0.4) is 0 Å². The largest absolute Gasteiger partial charge is 0.493 e. The average molecular weight is 366 g/mol. The Balaban J connectivity index is 2.51. The summed E-state index contributed by atoms with van der Waals surface area (Å²) in [6, 6.07) is 7.18. The molecule has 0 saturated heterocycles. The lowest BCUT2D eigenvalue weighted by molar-refractivity contribution is -0.140. The Morgan fingerprint density at radius 1 is 1.26 bits per heavy atom. The molecule has 0 fully saturated rings. The third kappa shape index (κ3) is 4.09. The lowest BCUT2D eigenvalue weighted by Crippen LogP contribution is -2.43. The fraction of sp³-hybridized carbons (Fsp3) is 0.286. The molecule has 0 unspecified atom stereocenters. The van der Waals surface area contributed by atoms with Gasteiger partial charge in [0, 0.05) is 12.1 Å². The van der Waals surface area contributed by atoms with E-state index >= 15 is 0 Å². The highest BCUT2D eigenvalue weighted by Crippen LogP contribution is 2.31. The van der Waals surface area contributed by atoms with Crippen molar-refractivity contribution >= 4 is 17.9 Å². The van der Waals surface area contributed by atoms with Crippen LogP contribution >= 0.6 is 0 Å². The van der Waals surface area contributed by atoms with E-state index in [0.717, 1.165) is 4.90 Å². The van der Waals surface area contributed by atoms with Crippen molar-refractivity contribution in [3.8, 4) is 17.6 Å². The molecule has 0 spiro atoms. The van der Waals surface area contributed by atoms with Gasteiger partial charge >= 0.3 is 0 Å². The molecule has 27 heavy (non-hydrogen) atoms. The molecule has 0 aromatic heterocycles. The number of nitrogens with zero attached hydrogens (tertiary/aromatic N) is 2. The van der Waals surface area contributed by atoms with Crippen LogP contribution in [0.1, 0.15) is 25.8 Å². The summed E-state index contributed by atoms with van der Waals surface area (Å²) in [6.45, 7) is 7.71. The quantitative estimate of drug-likeness (QED) is 0.420. The normalized spacial score (nSPS) is 15.8. The van der Waals surface area contributed by atoms with E-state index in [1.807, 2.05) is 13.0 Å². The summed E-state index contributed by atoms with van der Waals surface area (Å²) >= 11 is 0. The van der Waals surface area contributed by atoms with E-state index in [9.17, 15) is 14.9 Å². The topological polar surface area (TPSA) is 79.6 Å². The maximum absolute atomic E-state index is 12.8. The van der Waals surface area contributed by atoms with Crippen LogP contribution in [0.5, 0.6) is 11.5 Å². The maximum atomic E-state index is 12.8. The van der Waals surface area contributed by atoms with Crippen LogP contribution in [-0.4, -0.2) is 37.0 Å². The standard InChI is InChI=1S/C21H22N2O4/c1-5-9-23-20(24)16(14(3)17(13-22)21(23)25)11-15-7-8-18(27-10-6-2)19(12-15)26-4/h6-8,11-12H,2,5,9-10H2,1,3-4H3/b16-11+. The van der Waals surface area contributed by atoms with E-state index in [1.54, 1.807) is 37.3 Å². The lowest BCUT2D eigenvalue weighted by Gasteiger charge is -2.27. The van der Waals surface area contributed by atoms with Crippen LogP contribution in [-0.2, 0) is 9.59 Å². The van der Waals surface area contributed by atoms with Gasteiger partial charge in [0.1, 0.15) is 18.2 Å². The van der Waals surface area contributed by atoms with E-state index in [-0.39, 0.29) is 12.1 Å². The molecular formula is C21H22N2O4. The van der Waals surface area contributed by atoms with E-state index in [0.29, 0.717) is 41.2 Å². The average Bonchev–Trinajstić information content (AvgIpc) is 2.67. The van der Waals surface area contributed by atoms with Gasteiger partial charge in [-0.25, -0.2) is 0 Å². The number of ether oxygens (including phenoxy) is 2. The first-order valence-corrected chi connectivity index (χ1v) is 8.59. The van der Waals surface area contributed by atoms with Gasteiger partial charge < -0.3 is 9.47 Å². The summed E-state index contributed by atoms with van der Waals surface area (Å²) in [6.07, 6.45) is 3.91. The number of carbonyl (C=O) groups excluding carboxylic acids is 2. The number of benzene rings is 1. The number of hydrogen-bond donors (Lipinski definition) is 0. The number of rotatable bonds is 7. The molecule has 0 aliphatic carbocycles. The van der Waals surface area contributed by atoms with Gasteiger partial charge in [-0.05, 0) is 42.7 Å². The first-order valence-electron chi connectivity index (χ1n) is 8.59. The molecule has 1 heterocycles. The van der Waals surface area contributed by atoms with Crippen LogP contribution < -0.4 is 9.47 Å². The number of hydrogen-bond acceptors (Lipinski definition) is 5. The zero-order valence-corrected chi connectivity index (χ0v) is 15.7. The van der Waals surface area contributed by atoms with Crippen molar-refractivity contribution < 1.29 is 19.1 Å². The Bertz CT molecular complexity index is 875. The number of methoxy groups -OCH3 is 1. The van der Waals surface area contributed by atoms with Crippen LogP contribution in [0.15, 0.2) is 47.6 Å². The van der Waals surface area contributed by atoms with Gasteiger partial charge in [-0.3, -0.25) is 14.5 Å². The molecule has 1 aromatic rings. The maximum Gasteiger partial charge on any atom is 0.271 e. The van der Waals surface area contributed by atoms with Crippen LogP contribution in [0.4, 0.5) is 0 Å². The van der Waals surface area contributed by atoms with Crippen molar-refractivity contribution in [2.24, 2.45) is 0 Å². The molecule has 0 saturated carbocycles. The summed E-state index contributed by atoms with van der Waals surface area (Å²) < 4.78 is 10.9. The third-order valence-electron chi connectivity index (χ3n) is 4.13. The summed E-state index contributed by atoms with van der Waals surface area (Å²) in [5.41, 5.74) is 1.39. The van der Waals surface area contributed by atoms with Crippen molar-refractivity contribution in [1.29, 1.82) is 5.26 Å². The minimum absolute atomic E-state index is 0.00722. The molecule has 1 aliphatic heterocycles. The molecular weight excluding hydrogens is 344 g/mol. The molecule has 140 valence electrons. The Morgan fingerprint density at radius 2 is 2.00 bits per heavy atom. The Labute approximate surface area is 159 Å². The summed E-state index contributed by atoms with van der Waals surface area (Å²) in [7, 11) is 1.53. The fourth-order valence-corrected chi connectivity index (χ4v) is 2.76. The minimum Gasteiger partial charge on any atom is -0.493 e. The van der Waals surface area contributed by atoms with Gasteiger partial charge in [-0.15, -0.1) is 0 Å². The molecule has 0 bridgehead atoms. The Morgan fingerprint density at radius 3 is 2.59 bits per heavy atom. The fourth-order valence-electron chi connectivity index (χ4n) is 2.76. The predicted molar refractivity (Wildman–Crippen MR) is 102 cm³/mol. The number of nitriles is 1. The highest BCUT2D eigenvalue weighted by Gasteiger charge is 2.34. The second-order valence-electron chi connectivity index (χ2n) is 5.94. The first-order chi connectivity index (χ1) is 13.0. The number of imide groups is 1. The highest BCUT2D eigenvalue weighted by atomic mass is 16.5.